The molecule has 78 valence electrons. The van der Waals surface area contributed by atoms with Gasteiger partial charge in [-0.1, -0.05) is 6.92 Å². The van der Waals surface area contributed by atoms with Gasteiger partial charge in [0.05, 0.1) is 0 Å². The summed E-state index contributed by atoms with van der Waals surface area (Å²) in [7, 11) is -3.53. The molecule has 14 heavy (non-hydrogen) atoms. The molecule has 0 spiro atoms. The van der Waals surface area contributed by atoms with Crippen LogP contribution in [0.2, 0.25) is 0 Å². The fourth-order valence-corrected chi connectivity index (χ4v) is 2.11. The van der Waals surface area contributed by atoms with Crippen LogP contribution in [0.15, 0.2) is 11.2 Å². The largest absolute Gasteiger partial charge is 0.276 e. The molecule has 0 saturated carbocycles. The molecule has 0 aromatic carbocycles. The Morgan fingerprint density at radius 2 is 1.79 bits per heavy atom. The summed E-state index contributed by atoms with van der Waals surface area (Å²) in [6, 6.07) is 1.73. The highest BCUT2D eigenvalue weighted by Crippen LogP contribution is 2.04. The van der Waals surface area contributed by atoms with Crippen molar-refractivity contribution in [2.45, 2.75) is 25.9 Å². The van der Waals surface area contributed by atoms with Gasteiger partial charge < -0.3 is 0 Å². The van der Waals surface area contributed by atoms with Crippen LogP contribution in [0.1, 0.15) is 18.3 Å². The molecule has 0 amide bonds. The van der Waals surface area contributed by atoms with E-state index >= 15 is 0 Å². The van der Waals surface area contributed by atoms with Crippen LogP contribution in [-0.2, 0) is 10.0 Å². The minimum atomic E-state index is -3.53. The monoisotopic (exact) mass is 215 g/mol. The van der Waals surface area contributed by atoms with E-state index in [-0.39, 0.29) is 5.16 Å². The van der Waals surface area contributed by atoms with Crippen LogP contribution in [0.3, 0.4) is 0 Å². The van der Waals surface area contributed by atoms with Crippen LogP contribution in [0.4, 0.5) is 0 Å². The Bertz CT molecular complexity index is 408. The first-order chi connectivity index (χ1) is 6.45. The zero-order valence-corrected chi connectivity index (χ0v) is 9.22. The molecule has 0 radical (unpaired) electrons. The van der Waals surface area contributed by atoms with Crippen LogP contribution in [0, 0.1) is 13.8 Å². The SMILES string of the molecule is CCNS(=O)(=O)c1nc(C)cc(C)n1. The molecule has 0 aliphatic rings. The maximum absolute atomic E-state index is 11.5. The zero-order chi connectivity index (χ0) is 10.8. The fraction of sp³-hybridized carbons (Fsp3) is 0.500. The van der Waals surface area contributed by atoms with Crippen LogP contribution < -0.4 is 4.72 Å². The Morgan fingerprint density at radius 1 is 1.29 bits per heavy atom. The van der Waals surface area contributed by atoms with Crippen molar-refractivity contribution < 1.29 is 8.42 Å². The van der Waals surface area contributed by atoms with Gasteiger partial charge in [-0.2, -0.15) is 0 Å². The van der Waals surface area contributed by atoms with Gasteiger partial charge in [-0.05, 0) is 19.9 Å². The van der Waals surface area contributed by atoms with E-state index in [9.17, 15) is 8.42 Å². The second kappa shape index (κ2) is 4.02. The lowest BCUT2D eigenvalue weighted by atomic mass is 10.4. The lowest BCUT2D eigenvalue weighted by molar-refractivity contribution is 0.573. The highest BCUT2D eigenvalue weighted by molar-refractivity contribution is 7.89. The highest BCUT2D eigenvalue weighted by atomic mass is 32.2. The van der Waals surface area contributed by atoms with E-state index in [1.807, 2.05) is 0 Å². The summed E-state index contributed by atoms with van der Waals surface area (Å²) in [5, 5.41) is -0.156. The van der Waals surface area contributed by atoms with E-state index in [1.54, 1.807) is 26.8 Å². The van der Waals surface area contributed by atoms with E-state index in [2.05, 4.69) is 14.7 Å². The van der Waals surface area contributed by atoms with Crippen LogP contribution in [0.5, 0.6) is 0 Å². The van der Waals surface area contributed by atoms with Gasteiger partial charge >= 0.3 is 0 Å². The molecule has 1 rings (SSSR count). The molecular weight excluding hydrogens is 202 g/mol. The molecular formula is C8H13N3O2S. The number of sulfonamides is 1. The third-order valence-corrected chi connectivity index (χ3v) is 2.87. The second-order valence-electron chi connectivity index (χ2n) is 2.93. The predicted molar refractivity (Wildman–Crippen MR) is 52.4 cm³/mol. The number of aryl methyl sites for hydroxylation is 2. The van der Waals surface area contributed by atoms with E-state index < -0.39 is 10.0 Å². The molecule has 0 atom stereocenters. The molecule has 5 nitrogen and oxygen atoms in total. The zero-order valence-electron chi connectivity index (χ0n) is 8.40. The molecule has 1 aromatic rings. The van der Waals surface area contributed by atoms with Gasteiger partial charge in [-0.15, -0.1) is 0 Å². The highest BCUT2D eigenvalue weighted by Gasteiger charge is 2.16. The summed E-state index contributed by atoms with van der Waals surface area (Å²) in [5.74, 6) is 0. The summed E-state index contributed by atoms with van der Waals surface area (Å²) in [6.45, 7) is 5.51. The molecule has 1 aromatic heterocycles. The topological polar surface area (TPSA) is 72.0 Å². The Kier molecular flexibility index (Phi) is 3.17. The van der Waals surface area contributed by atoms with Gasteiger partial charge in [-0.3, -0.25) is 0 Å². The number of rotatable bonds is 3. The third kappa shape index (κ3) is 2.49. The summed E-state index contributed by atoms with van der Waals surface area (Å²) >= 11 is 0. The molecule has 6 heteroatoms. The Labute approximate surface area is 83.6 Å². The van der Waals surface area contributed by atoms with E-state index in [1.165, 1.54) is 0 Å². The number of nitrogens with zero attached hydrogens (tertiary/aromatic N) is 2. The van der Waals surface area contributed by atoms with E-state index in [4.69, 9.17) is 0 Å². The second-order valence-corrected chi connectivity index (χ2v) is 4.60. The predicted octanol–water partition coefficient (Wildman–Crippen LogP) is 0.392. The van der Waals surface area contributed by atoms with Crippen molar-refractivity contribution in [2.75, 3.05) is 6.54 Å². The van der Waals surface area contributed by atoms with Crippen molar-refractivity contribution in [1.82, 2.24) is 14.7 Å². The van der Waals surface area contributed by atoms with Gasteiger partial charge in [0, 0.05) is 17.9 Å². The Morgan fingerprint density at radius 3 is 2.21 bits per heavy atom. The minimum Gasteiger partial charge on any atom is -0.222 e. The Hall–Kier alpha value is -1.01. The summed E-state index contributed by atoms with van der Waals surface area (Å²) in [4.78, 5) is 7.73. The summed E-state index contributed by atoms with van der Waals surface area (Å²) in [6.07, 6.45) is 0. The van der Waals surface area contributed by atoms with Crippen molar-refractivity contribution in [1.29, 1.82) is 0 Å². The third-order valence-electron chi connectivity index (χ3n) is 1.54. The number of aromatic nitrogens is 2. The Balaban J connectivity index is 3.19. The van der Waals surface area contributed by atoms with Gasteiger partial charge in [-0.25, -0.2) is 23.1 Å². The van der Waals surface area contributed by atoms with Crippen molar-refractivity contribution in [3.05, 3.63) is 17.5 Å². The van der Waals surface area contributed by atoms with Crippen molar-refractivity contribution >= 4 is 10.0 Å². The number of hydrogen-bond acceptors (Lipinski definition) is 4. The van der Waals surface area contributed by atoms with Gasteiger partial charge in [0.1, 0.15) is 0 Å². The first-order valence-electron chi connectivity index (χ1n) is 4.27. The summed E-state index contributed by atoms with van der Waals surface area (Å²) < 4.78 is 25.3. The minimum absolute atomic E-state index is 0.156. The quantitative estimate of drug-likeness (QED) is 0.740. The molecule has 0 unspecified atom stereocenters. The van der Waals surface area contributed by atoms with E-state index in [0.29, 0.717) is 17.9 Å². The number of nitrogens with one attached hydrogen (secondary N) is 1. The van der Waals surface area contributed by atoms with Crippen molar-refractivity contribution in [2.24, 2.45) is 0 Å². The lowest BCUT2D eigenvalue weighted by Gasteiger charge is -2.04. The van der Waals surface area contributed by atoms with Crippen molar-refractivity contribution in [3.63, 3.8) is 0 Å². The maximum atomic E-state index is 11.5. The maximum Gasteiger partial charge on any atom is 0.276 e. The standard InChI is InChI=1S/C8H13N3O2S/c1-4-9-14(12,13)8-10-6(2)5-7(3)11-8/h5,9H,4H2,1-3H3. The average molecular weight is 215 g/mol. The van der Waals surface area contributed by atoms with E-state index in [0.717, 1.165) is 0 Å². The van der Waals surface area contributed by atoms with Gasteiger partial charge in [0.2, 0.25) is 0 Å². The normalized spacial score (nSPS) is 11.6. The molecule has 0 aliphatic carbocycles. The summed E-state index contributed by atoms with van der Waals surface area (Å²) in [5.41, 5.74) is 1.29. The van der Waals surface area contributed by atoms with Gasteiger partial charge in [0.15, 0.2) is 0 Å². The lowest BCUT2D eigenvalue weighted by Crippen LogP contribution is -2.25. The van der Waals surface area contributed by atoms with Crippen LogP contribution in [-0.4, -0.2) is 24.9 Å². The first kappa shape index (κ1) is 11.1. The van der Waals surface area contributed by atoms with Gasteiger partial charge in [0.25, 0.3) is 15.2 Å². The molecule has 0 fully saturated rings. The molecule has 0 saturated heterocycles. The average Bonchev–Trinajstić information content (AvgIpc) is 2.02. The molecule has 1 N–H and O–H groups in total. The fourth-order valence-electron chi connectivity index (χ4n) is 1.07. The smallest absolute Gasteiger partial charge is 0.222 e. The van der Waals surface area contributed by atoms with Crippen LogP contribution >= 0.6 is 0 Å². The number of hydrogen-bond donors (Lipinski definition) is 1. The first-order valence-corrected chi connectivity index (χ1v) is 5.76. The molecule has 0 bridgehead atoms. The van der Waals surface area contributed by atoms with Crippen molar-refractivity contribution in [3.8, 4) is 0 Å². The van der Waals surface area contributed by atoms with Crippen LogP contribution in [0.25, 0.3) is 0 Å². The molecule has 1 heterocycles. The molecule has 0 aliphatic heterocycles.